The molecule has 1 saturated carbocycles. The quantitative estimate of drug-likeness (QED) is 0.807. The summed E-state index contributed by atoms with van der Waals surface area (Å²) in [7, 11) is 0. The molecule has 0 aromatic rings. The van der Waals surface area contributed by atoms with Crippen LogP contribution < -0.4 is 5.32 Å². The molecule has 0 aromatic carbocycles. The molecule has 1 aliphatic carbocycles. The van der Waals surface area contributed by atoms with Gasteiger partial charge in [0, 0.05) is 13.1 Å². The Labute approximate surface area is 106 Å². The van der Waals surface area contributed by atoms with E-state index in [1.54, 1.807) is 0 Å². The summed E-state index contributed by atoms with van der Waals surface area (Å²) in [6.07, 6.45) is 10.3. The summed E-state index contributed by atoms with van der Waals surface area (Å²) in [5.74, 6) is 3.18. The summed E-state index contributed by atoms with van der Waals surface area (Å²) >= 11 is 0. The third-order valence-electron chi connectivity index (χ3n) is 5.35. The molecule has 2 unspecified atom stereocenters. The van der Waals surface area contributed by atoms with E-state index < -0.39 is 0 Å². The smallest absolute Gasteiger partial charge is 0.00129 e. The minimum absolute atomic E-state index is 1.03. The fraction of sp³-hybridized carbons (Fsp3) is 1.00. The van der Waals surface area contributed by atoms with Gasteiger partial charge in [-0.2, -0.15) is 0 Å². The lowest BCUT2D eigenvalue weighted by atomic mass is 9.93. The van der Waals surface area contributed by atoms with Gasteiger partial charge in [-0.25, -0.2) is 0 Å². The first kappa shape index (κ1) is 12.0. The molecule has 0 amide bonds. The molecule has 0 aromatic heterocycles. The largest absolute Gasteiger partial charge is 0.317 e. The summed E-state index contributed by atoms with van der Waals surface area (Å²) in [5.41, 5.74) is 0. The van der Waals surface area contributed by atoms with Crippen molar-refractivity contribution in [3.8, 4) is 0 Å². The van der Waals surface area contributed by atoms with E-state index in [-0.39, 0.29) is 0 Å². The van der Waals surface area contributed by atoms with Crippen LogP contribution in [0.2, 0.25) is 0 Å². The van der Waals surface area contributed by atoms with Crippen LogP contribution in [-0.4, -0.2) is 37.6 Å². The lowest BCUT2D eigenvalue weighted by Gasteiger charge is -2.24. The molecular formula is C15H28N2. The number of likely N-dealkylation sites (tertiary alicyclic amines) is 1. The number of nitrogens with zero attached hydrogens (tertiary/aromatic N) is 1. The van der Waals surface area contributed by atoms with Crippen LogP contribution in [0.1, 0.15) is 44.9 Å². The van der Waals surface area contributed by atoms with Crippen molar-refractivity contribution in [3.63, 3.8) is 0 Å². The Balaban J connectivity index is 1.32. The Morgan fingerprint density at radius 2 is 1.65 bits per heavy atom. The van der Waals surface area contributed by atoms with Gasteiger partial charge in [-0.3, -0.25) is 0 Å². The van der Waals surface area contributed by atoms with Gasteiger partial charge in [0.05, 0.1) is 0 Å². The first-order valence-corrected chi connectivity index (χ1v) is 7.85. The van der Waals surface area contributed by atoms with E-state index in [0.717, 1.165) is 17.8 Å². The normalized spacial score (nSPS) is 35.3. The van der Waals surface area contributed by atoms with Crippen molar-refractivity contribution in [1.29, 1.82) is 0 Å². The third kappa shape index (κ3) is 3.03. The molecule has 2 nitrogen and oxygen atoms in total. The molecule has 1 N–H and O–H groups in total. The Morgan fingerprint density at radius 3 is 2.35 bits per heavy atom. The van der Waals surface area contributed by atoms with Crippen LogP contribution in [0, 0.1) is 17.8 Å². The molecule has 3 rings (SSSR count). The topological polar surface area (TPSA) is 15.3 Å². The minimum atomic E-state index is 1.03. The maximum absolute atomic E-state index is 3.46. The lowest BCUT2D eigenvalue weighted by molar-refractivity contribution is 0.277. The zero-order valence-electron chi connectivity index (χ0n) is 11.2. The van der Waals surface area contributed by atoms with E-state index in [9.17, 15) is 0 Å². The van der Waals surface area contributed by atoms with Crippen molar-refractivity contribution in [3.05, 3.63) is 0 Å². The second kappa shape index (κ2) is 5.71. The van der Waals surface area contributed by atoms with Gasteiger partial charge in [-0.15, -0.1) is 0 Å². The summed E-state index contributed by atoms with van der Waals surface area (Å²) < 4.78 is 0. The van der Waals surface area contributed by atoms with Crippen LogP contribution >= 0.6 is 0 Å². The second-order valence-electron chi connectivity index (χ2n) is 6.55. The molecule has 2 atom stereocenters. The molecule has 17 heavy (non-hydrogen) atoms. The van der Waals surface area contributed by atoms with E-state index in [2.05, 4.69) is 10.2 Å². The highest BCUT2D eigenvalue weighted by Gasteiger charge is 2.35. The molecule has 2 saturated heterocycles. The number of fused-ring (bicyclic) bond motifs is 1. The zero-order valence-corrected chi connectivity index (χ0v) is 11.2. The molecule has 98 valence electrons. The van der Waals surface area contributed by atoms with Gasteiger partial charge < -0.3 is 10.2 Å². The zero-order chi connectivity index (χ0) is 11.5. The Bertz CT molecular complexity index is 223. The van der Waals surface area contributed by atoms with Gasteiger partial charge in [0.25, 0.3) is 0 Å². The number of rotatable bonds is 4. The summed E-state index contributed by atoms with van der Waals surface area (Å²) in [6.45, 7) is 6.77. The molecular weight excluding hydrogens is 208 g/mol. The molecule has 2 aliphatic heterocycles. The van der Waals surface area contributed by atoms with Crippen LogP contribution in [0.3, 0.4) is 0 Å². The monoisotopic (exact) mass is 236 g/mol. The minimum Gasteiger partial charge on any atom is -0.317 e. The average Bonchev–Trinajstić information content (AvgIpc) is 2.91. The maximum atomic E-state index is 3.46. The Kier molecular flexibility index (Phi) is 4.02. The predicted molar refractivity (Wildman–Crippen MR) is 72.1 cm³/mol. The highest BCUT2D eigenvalue weighted by molar-refractivity contribution is 4.88. The van der Waals surface area contributed by atoms with E-state index in [4.69, 9.17) is 0 Å². The molecule has 2 heterocycles. The summed E-state index contributed by atoms with van der Waals surface area (Å²) in [5, 5.41) is 3.46. The van der Waals surface area contributed by atoms with Crippen molar-refractivity contribution >= 4 is 0 Å². The van der Waals surface area contributed by atoms with E-state index in [1.165, 1.54) is 77.7 Å². The number of piperidine rings is 1. The Morgan fingerprint density at radius 1 is 0.941 bits per heavy atom. The molecule has 3 aliphatic rings. The van der Waals surface area contributed by atoms with E-state index in [1.807, 2.05) is 0 Å². The second-order valence-corrected chi connectivity index (χ2v) is 6.55. The number of hydrogen-bond acceptors (Lipinski definition) is 2. The van der Waals surface area contributed by atoms with E-state index >= 15 is 0 Å². The SMILES string of the molecule is C1CC2CN(CCCC3CCNCC3)CC2C1. The van der Waals surface area contributed by atoms with Gasteiger partial charge in [-0.05, 0) is 75.9 Å². The fourth-order valence-electron chi connectivity index (χ4n) is 4.29. The van der Waals surface area contributed by atoms with Gasteiger partial charge in [0.2, 0.25) is 0 Å². The average molecular weight is 236 g/mol. The predicted octanol–water partition coefficient (Wildman–Crippen LogP) is 2.50. The maximum Gasteiger partial charge on any atom is 0.00129 e. The van der Waals surface area contributed by atoms with Crippen LogP contribution in [0.4, 0.5) is 0 Å². The van der Waals surface area contributed by atoms with Crippen molar-refractivity contribution in [2.45, 2.75) is 44.9 Å². The number of nitrogens with one attached hydrogen (secondary N) is 1. The first-order chi connectivity index (χ1) is 8.42. The lowest BCUT2D eigenvalue weighted by Crippen LogP contribution is -2.28. The highest BCUT2D eigenvalue weighted by atomic mass is 15.2. The van der Waals surface area contributed by atoms with Crippen molar-refractivity contribution in [2.75, 3.05) is 32.7 Å². The first-order valence-electron chi connectivity index (χ1n) is 7.85. The molecule has 2 heteroatoms. The van der Waals surface area contributed by atoms with Crippen LogP contribution in [0.5, 0.6) is 0 Å². The van der Waals surface area contributed by atoms with Gasteiger partial charge >= 0.3 is 0 Å². The third-order valence-corrected chi connectivity index (χ3v) is 5.35. The summed E-state index contributed by atoms with van der Waals surface area (Å²) in [6, 6.07) is 0. The summed E-state index contributed by atoms with van der Waals surface area (Å²) in [4.78, 5) is 2.76. The van der Waals surface area contributed by atoms with Crippen molar-refractivity contribution < 1.29 is 0 Å². The fourth-order valence-corrected chi connectivity index (χ4v) is 4.29. The van der Waals surface area contributed by atoms with Crippen LogP contribution in [0.15, 0.2) is 0 Å². The van der Waals surface area contributed by atoms with E-state index in [0.29, 0.717) is 0 Å². The van der Waals surface area contributed by atoms with Crippen molar-refractivity contribution in [1.82, 2.24) is 10.2 Å². The van der Waals surface area contributed by atoms with Crippen LogP contribution in [0.25, 0.3) is 0 Å². The van der Waals surface area contributed by atoms with Gasteiger partial charge in [-0.1, -0.05) is 6.42 Å². The standard InChI is InChI=1S/C15H28N2/c1-4-14-11-17(12-15(14)5-1)10-2-3-13-6-8-16-9-7-13/h13-16H,1-12H2. The molecule has 0 spiro atoms. The van der Waals surface area contributed by atoms with Crippen molar-refractivity contribution in [2.24, 2.45) is 17.8 Å². The van der Waals surface area contributed by atoms with Crippen LogP contribution in [-0.2, 0) is 0 Å². The highest BCUT2D eigenvalue weighted by Crippen LogP contribution is 2.37. The van der Waals surface area contributed by atoms with Gasteiger partial charge in [0.15, 0.2) is 0 Å². The molecule has 3 fully saturated rings. The molecule has 0 radical (unpaired) electrons. The number of hydrogen-bond donors (Lipinski definition) is 1. The Hall–Kier alpha value is -0.0800. The van der Waals surface area contributed by atoms with Gasteiger partial charge in [0.1, 0.15) is 0 Å². The molecule has 0 bridgehead atoms.